The van der Waals surface area contributed by atoms with Crippen molar-refractivity contribution in [2.75, 3.05) is 20.2 Å². The number of aromatic nitrogens is 1. The third-order valence-electron chi connectivity index (χ3n) is 6.60. The molecule has 3 aromatic rings. The lowest BCUT2D eigenvalue weighted by atomic mass is 9.89. The summed E-state index contributed by atoms with van der Waals surface area (Å²) < 4.78 is 43.8. The number of alkyl halides is 3. The van der Waals surface area contributed by atoms with Crippen LogP contribution in [0.2, 0.25) is 0 Å². The SMILES string of the molecule is COc1ccccc1CNC(=O)c1ccc(C)nc1C1CCN(Cc2ccc(C(F)(F)F)cc2)CC1. The molecule has 1 fully saturated rings. The van der Waals surface area contributed by atoms with Crippen molar-refractivity contribution in [2.45, 2.75) is 44.9 Å². The number of carbonyl (C=O) groups is 1. The summed E-state index contributed by atoms with van der Waals surface area (Å²) in [5.74, 6) is 0.692. The fourth-order valence-corrected chi connectivity index (χ4v) is 4.62. The molecule has 0 unspecified atom stereocenters. The Bertz CT molecular complexity index is 1190. The highest BCUT2D eigenvalue weighted by molar-refractivity contribution is 5.95. The molecule has 36 heavy (non-hydrogen) atoms. The number of aryl methyl sites for hydroxylation is 1. The number of piperidine rings is 1. The highest BCUT2D eigenvalue weighted by Gasteiger charge is 2.30. The fraction of sp³-hybridized carbons (Fsp3) is 0.357. The fourth-order valence-electron chi connectivity index (χ4n) is 4.62. The van der Waals surface area contributed by atoms with Gasteiger partial charge in [0.05, 0.1) is 23.9 Å². The molecule has 2 heterocycles. The third kappa shape index (κ3) is 6.23. The zero-order valence-electron chi connectivity index (χ0n) is 20.4. The van der Waals surface area contributed by atoms with Gasteiger partial charge in [0.25, 0.3) is 5.91 Å². The second-order valence-corrected chi connectivity index (χ2v) is 9.13. The first-order valence-electron chi connectivity index (χ1n) is 12.0. The lowest BCUT2D eigenvalue weighted by Crippen LogP contribution is -2.34. The summed E-state index contributed by atoms with van der Waals surface area (Å²) in [4.78, 5) is 20.1. The van der Waals surface area contributed by atoms with Crippen molar-refractivity contribution >= 4 is 5.91 Å². The van der Waals surface area contributed by atoms with E-state index in [1.54, 1.807) is 19.2 Å². The van der Waals surface area contributed by atoms with Gasteiger partial charge in [0, 0.05) is 30.3 Å². The Morgan fingerprint density at radius 3 is 2.42 bits per heavy atom. The molecule has 1 aromatic heterocycles. The standard InChI is InChI=1S/C28H30F3N3O2/c1-19-7-12-24(27(35)32-17-22-5-3-4-6-25(22)36-2)26(33-19)21-13-15-34(16-14-21)18-20-8-10-23(11-9-20)28(29,30)31/h3-12,21H,13-18H2,1-2H3,(H,32,35). The maximum Gasteiger partial charge on any atom is 0.416 e. The van der Waals surface area contributed by atoms with Gasteiger partial charge in [-0.15, -0.1) is 0 Å². The average Bonchev–Trinajstić information content (AvgIpc) is 2.87. The van der Waals surface area contributed by atoms with Gasteiger partial charge in [0.15, 0.2) is 0 Å². The molecule has 1 N–H and O–H groups in total. The van der Waals surface area contributed by atoms with Crippen LogP contribution in [-0.2, 0) is 19.3 Å². The van der Waals surface area contributed by atoms with E-state index in [4.69, 9.17) is 9.72 Å². The predicted molar refractivity (Wildman–Crippen MR) is 132 cm³/mol. The van der Waals surface area contributed by atoms with Gasteiger partial charge in [-0.25, -0.2) is 0 Å². The Labute approximate surface area is 209 Å². The number of para-hydroxylation sites is 1. The van der Waals surface area contributed by atoms with Crippen molar-refractivity contribution in [3.8, 4) is 5.75 Å². The van der Waals surface area contributed by atoms with Gasteiger partial charge in [-0.1, -0.05) is 30.3 Å². The van der Waals surface area contributed by atoms with Crippen LogP contribution in [0.5, 0.6) is 5.75 Å². The van der Waals surface area contributed by atoms with E-state index in [9.17, 15) is 18.0 Å². The number of hydrogen-bond acceptors (Lipinski definition) is 4. The molecule has 1 aliphatic heterocycles. The number of rotatable bonds is 7. The lowest BCUT2D eigenvalue weighted by Gasteiger charge is -2.32. The number of pyridine rings is 1. The highest BCUT2D eigenvalue weighted by atomic mass is 19.4. The quantitative estimate of drug-likeness (QED) is 0.453. The van der Waals surface area contributed by atoms with Gasteiger partial charge in [-0.05, 0) is 68.8 Å². The van der Waals surface area contributed by atoms with Crippen LogP contribution in [0.15, 0.2) is 60.7 Å². The molecule has 8 heteroatoms. The Morgan fingerprint density at radius 1 is 1.06 bits per heavy atom. The van der Waals surface area contributed by atoms with Gasteiger partial charge in [0.1, 0.15) is 5.75 Å². The maximum atomic E-state index is 13.1. The molecular weight excluding hydrogens is 467 g/mol. The van der Waals surface area contributed by atoms with Crippen molar-refractivity contribution in [3.63, 3.8) is 0 Å². The molecule has 1 amide bonds. The van der Waals surface area contributed by atoms with Crippen molar-refractivity contribution in [3.05, 3.63) is 94.3 Å². The van der Waals surface area contributed by atoms with Gasteiger partial charge < -0.3 is 10.1 Å². The van der Waals surface area contributed by atoms with Crippen LogP contribution < -0.4 is 10.1 Å². The molecule has 0 aliphatic carbocycles. The zero-order chi connectivity index (χ0) is 25.7. The van der Waals surface area contributed by atoms with Crippen molar-refractivity contribution in [1.29, 1.82) is 0 Å². The molecule has 4 rings (SSSR count). The highest BCUT2D eigenvalue weighted by Crippen LogP contribution is 2.32. The number of hydrogen-bond donors (Lipinski definition) is 1. The summed E-state index contributed by atoms with van der Waals surface area (Å²) >= 11 is 0. The molecular formula is C28H30F3N3O2. The summed E-state index contributed by atoms with van der Waals surface area (Å²) in [7, 11) is 1.60. The first-order valence-corrected chi connectivity index (χ1v) is 12.0. The summed E-state index contributed by atoms with van der Waals surface area (Å²) in [5, 5.41) is 3.00. The molecule has 0 saturated carbocycles. The lowest BCUT2D eigenvalue weighted by molar-refractivity contribution is -0.137. The Balaban J connectivity index is 1.39. The molecule has 1 aliphatic rings. The van der Waals surface area contributed by atoms with E-state index in [0.717, 1.165) is 66.3 Å². The Morgan fingerprint density at radius 2 is 1.75 bits per heavy atom. The molecule has 0 bridgehead atoms. The minimum absolute atomic E-state index is 0.140. The number of nitrogens with zero attached hydrogens (tertiary/aromatic N) is 2. The van der Waals surface area contributed by atoms with E-state index >= 15 is 0 Å². The summed E-state index contributed by atoms with van der Waals surface area (Å²) in [6.45, 7) is 4.42. The number of carbonyl (C=O) groups excluding carboxylic acids is 1. The van der Waals surface area contributed by atoms with Crippen molar-refractivity contribution in [2.24, 2.45) is 0 Å². The second-order valence-electron chi connectivity index (χ2n) is 9.13. The molecule has 5 nitrogen and oxygen atoms in total. The predicted octanol–water partition coefficient (Wildman–Crippen LogP) is 5.73. The van der Waals surface area contributed by atoms with E-state index in [-0.39, 0.29) is 11.8 Å². The Kier molecular flexibility index (Phi) is 7.94. The van der Waals surface area contributed by atoms with E-state index in [2.05, 4.69) is 10.2 Å². The van der Waals surface area contributed by atoms with Crippen molar-refractivity contribution < 1.29 is 22.7 Å². The van der Waals surface area contributed by atoms with Crippen LogP contribution in [0, 0.1) is 6.92 Å². The van der Waals surface area contributed by atoms with Crippen LogP contribution in [0.25, 0.3) is 0 Å². The van der Waals surface area contributed by atoms with Crippen LogP contribution in [0.4, 0.5) is 13.2 Å². The average molecular weight is 498 g/mol. The van der Waals surface area contributed by atoms with E-state index in [1.165, 1.54) is 0 Å². The number of ether oxygens (including phenoxy) is 1. The van der Waals surface area contributed by atoms with E-state index in [1.807, 2.05) is 43.3 Å². The summed E-state index contributed by atoms with van der Waals surface area (Å²) in [5.41, 5.74) is 3.36. The van der Waals surface area contributed by atoms with Gasteiger partial charge in [0.2, 0.25) is 0 Å². The monoisotopic (exact) mass is 497 g/mol. The summed E-state index contributed by atoms with van der Waals surface area (Å²) in [6.07, 6.45) is -2.68. The van der Waals surface area contributed by atoms with Gasteiger partial charge in [-0.2, -0.15) is 13.2 Å². The molecule has 0 atom stereocenters. The first kappa shape index (κ1) is 25.7. The molecule has 190 valence electrons. The zero-order valence-corrected chi connectivity index (χ0v) is 20.4. The number of methoxy groups -OCH3 is 1. The first-order chi connectivity index (χ1) is 17.2. The minimum Gasteiger partial charge on any atom is -0.496 e. The molecule has 1 saturated heterocycles. The Hall–Kier alpha value is -3.39. The molecule has 2 aromatic carbocycles. The van der Waals surface area contributed by atoms with Crippen LogP contribution >= 0.6 is 0 Å². The number of nitrogens with one attached hydrogen (secondary N) is 1. The van der Waals surface area contributed by atoms with E-state index in [0.29, 0.717) is 18.7 Å². The van der Waals surface area contributed by atoms with E-state index < -0.39 is 11.7 Å². The third-order valence-corrected chi connectivity index (χ3v) is 6.60. The molecule has 0 radical (unpaired) electrons. The maximum absolute atomic E-state index is 13.1. The normalized spacial score (nSPS) is 15.0. The van der Waals surface area contributed by atoms with Crippen LogP contribution in [-0.4, -0.2) is 36.0 Å². The van der Waals surface area contributed by atoms with Crippen LogP contribution in [0.3, 0.4) is 0 Å². The van der Waals surface area contributed by atoms with Gasteiger partial charge >= 0.3 is 6.18 Å². The minimum atomic E-state index is -4.32. The second kappa shape index (κ2) is 11.1. The number of benzene rings is 2. The van der Waals surface area contributed by atoms with Crippen LogP contribution in [0.1, 0.15) is 57.2 Å². The molecule has 0 spiro atoms. The van der Waals surface area contributed by atoms with Gasteiger partial charge in [-0.3, -0.25) is 14.7 Å². The smallest absolute Gasteiger partial charge is 0.416 e. The summed E-state index contributed by atoms with van der Waals surface area (Å²) in [6, 6.07) is 16.6. The van der Waals surface area contributed by atoms with Crippen molar-refractivity contribution in [1.82, 2.24) is 15.2 Å². The largest absolute Gasteiger partial charge is 0.496 e. The number of amides is 1. The topological polar surface area (TPSA) is 54.5 Å². The number of halogens is 3. The number of likely N-dealkylation sites (tertiary alicyclic amines) is 1.